The van der Waals surface area contributed by atoms with Gasteiger partial charge in [0.15, 0.2) is 0 Å². The number of hydrogen-bond acceptors (Lipinski definition) is 5. The van der Waals surface area contributed by atoms with E-state index < -0.39 is 0 Å². The highest BCUT2D eigenvalue weighted by molar-refractivity contribution is 7.16. The molecule has 0 bridgehead atoms. The quantitative estimate of drug-likeness (QED) is 0.869. The van der Waals surface area contributed by atoms with E-state index in [1.807, 2.05) is 0 Å². The first-order chi connectivity index (χ1) is 10.6. The van der Waals surface area contributed by atoms with Crippen molar-refractivity contribution in [3.05, 3.63) is 16.0 Å². The van der Waals surface area contributed by atoms with Crippen LogP contribution >= 0.6 is 11.3 Å². The summed E-state index contributed by atoms with van der Waals surface area (Å²) in [4.78, 5) is 24.9. The number of anilines is 1. The van der Waals surface area contributed by atoms with Gasteiger partial charge in [-0.05, 0) is 44.1 Å². The Morgan fingerprint density at radius 2 is 2.00 bits per heavy atom. The summed E-state index contributed by atoms with van der Waals surface area (Å²) in [5, 5.41) is 13.0. The number of fused-ring (bicyclic) bond motifs is 1. The summed E-state index contributed by atoms with van der Waals surface area (Å²) in [7, 11) is 1.37. The first-order valence-electron chi connectivity index (χ1n) is 7.57. The van der Waals surface area contributed by atoms with E-state index in [4.69, 9.17) is 0 Å². The Morgan fingerprint density at radius 1 is 1.27 bits per heavy atom. The Labute approximate surface area is 133 Å². The highest BCUT2D eigenvalue weighted by Gasteiger charge is 2.39. The largest absolute Gasteiger partial charge is 0.469 e. The zero-order chi connectivity index (χ0) is 15.7. The molecule has 1 fully saturated rings. The van der Waals surface area contributed by atoms with Crippen molar-refractivity contribution >= 4 is 28.2 Å². The number of ether oxygens (including phenoxy) is 1. The van der Waals surface area contributed by atoms with E-state index in [2.05, 4.69) is 16.1 Å². The molecule has 0 spiro atoms. The summed E-state index contributed by atoms with van der Waals surface area (Å²) in [5.41, 5.74) is 1.76. The van der Waals surface area contributed by atoms with E-state index >= 15 is 0 Å². The Hall–Kier alpha value is -1.87. The van der Waals surface area contributed by atoms with Crippen molar-refractivity contribution in [2.24, 2.45) is 11.8 Å². The number of aryl methyl sites for hydroxylation is 1. The van der Waals surface area contributed by atoms with Crippen LogP contribution in [0.5, 0.6) is 0 Å². The topological polar surface area (TPSA) is 79.2 Å². The third-order valence-corrected chi connectivity index (χ3v) is 5.77. The lowest BCUT2D eigenvalue weighted by Gasteiger charge is -2.31. The van der Waals surface area contributed by atoms with E-state index in [1.165, 1.54) is 23.3 Å². The molecule has 1 aromatic heterocycles. The fourth-order valence-corrected chi connectivity index (χ4v) is 4.42. The average Bonchev–Trinajstić information content (AvgIpc) is 2.82. The first kappa shape index (κ1) is 15.0. The van der Waals surface area contributed by atoms with Crippen molar-refractivity contribution in [3.8, 4) is 6.07 Å². The van der Waals surface area contributed by atoms with Crippen molar-refractivity contribution in [1.82, 2.24) is 0 Å². The monoisotopic (exact) mass is 318 g/mol. The number of nitrogens with one attached hydrogen (secondary N) is 1. The Balaban J connectivity index is 1.67. The predicted octanol–water partition coefficient (Wildman–Crippen LogP) is 2.64. The summed E-state index contributed by atoms with van der Waals surface area (Å²) in [5.74, 6) is -0.647. The van der Waals surface area contributed by atoms with Gasteiger partial charge in [0.05, 0.1) is 18.6 Å². The minimum Gasteiger partial charge on any atom is -0.469 e. The van der Waals surface area contributed by atoms with Crippen LogP contribution in [0.1, 0.15) is 41.7 Å². The molecular formula is C16H18N2O3S. The number of methoxy groups -OCH3 is 1. The van der Waals surface area contributed by atoms with E-state index in [0.717, 1.165) is 31.2 Å². The molecular weight excluding hydrogens is 300 g/mol. The van der Waals surface area contributed by atoms with Gasteiger partial charge in [0.2, 0.25) is 5.91 Å². The molecule has 0 saturated heterocycles. The van der Waals surface area contributed by atoms with Crippen LogP contribution in [-0.2, 0) is 27.2 Å². The third kappa shape index (κ3) is 2.61. The van der Waals surface area contributed by atoms with Crippen LogP contribution in [0.15, 0.2) is 0 Å². The molecule has 0 aromatic carbocycles. The number of nitrogens with zero attached hydrogens (tertiary/aromatic N) is 1. The van der Waals surface area contributed by atoms with Gasteiger partial charge in [0.1, 0.15) is 11.1 Å². The van der Waals surface area contributed by atoms with Crippen molar-refractivity contribution in [1.29, 1.82) is 5.26 Å². The second kappa shape index (κ2) is 6.09. The summed E-state index contributed by atoms with van der Waals surface area (Å²) in [6, 6.07) is 2.24. The van der Waals surface area contributed by atoms with Gasteiger partial charge in [-0.1, -0.05) is 0 Å². The van der Waals surface area contributed by atoms with Crippen LogP contribution in [0, 0.1) is 23.2 Å². The molecule has 0 atom stereocenters. The summed E-state index contributed by atoms with van der Waals surface area (Å²) in [6.45, 7) is 0. The normalized spacial score (nSPS) is 22.9. The molecule has 1 aromatic rings. The van der Waals surface area contributed by atoms with Crippen LogP contribution in [-0.4, -0.2) is 19.0 Å². The molecule has 1 N–H and O–H groups in total. The smallest absolute Gasteiger partial charge is 0.308 e. The van der Waals surface area contributed by atoms with E-state index in [-0.39, 0.29) is 23.7 Å². The van der Waals surface area contributed by atoms with Crippen molar-refractivity contribution < 1.29 is 14.3 Å². The molecule has 2 aliphatic carbocycles. The van der Waals surface area contributed by atoms with Crippen molar-refractivity contribution in [2.75, 3.05) is 12.4 Å². The zero-order valence-electron chi connectivity index (χ0n) is 12.5. The van der Waals surface area contributed by atoms with Gasteiger partial charge in [-0.3, -0.25) is 9.59 Å². The predicted molar refractivity (Wildman–Crippen MR) is 82.5 cm³/mol. The number of thiophene rings is 1. The van der Waals surface area contributed by atoms with Gasteiger partial charge < -0.3 is 10.1 Å². The minimum atomic E-state index is -0.242. The fourth-order valence-electron chi connectivity index (χ4n) is 3.18. The molecule has 0 aliphatic heterocycles. The van der Waals surface area contributed by atoms with E-state index in [9.17, 15) is 14.9 Å². The Bertz CT molecular complexity index is 653. The van der Waals surface area contributed by atoms with Crippen LogP contribution in [0.2, 0.25) is 0 Å². The summed E-state index contributed by atoms with van der Waals surface area (Å²) in [6.07, 6.45) is 5.25. The molecule has 5 nitrogen and oxygen atoms in total. The number of esters is 1. The van der Waals surface area contributed by atoms with Crippen LogP contribution < -0.4 is 5.32 Å². The SMILES string of the molecule is COC(=O)C1CC(C(=O)Nc2sc3c(c2C#N)CCCC3)C1. The second-order valence-corrected chi connectivity index (χ2v) is 7.01. The fraction of sp³-hybridized carbons (Fsp3) is 0.562. The standard InChI is InChI=1S/C16H18N2O3S/c1-21-16(20)10-6-9(7-10)14(19)18-15-12(8-17)11-4-2-3-5-13(11)22-15/h9-10H,2-7H2,1H3,(H,18,19). The zero-order valence-corrected chi connectivity index (χ0v) is 13.3. The molecule has 22 heavy (non-hydrogen) atoms. The lowest BCUT2D eigenvalue weighted by molar-refractivity contribution is -0.151. The average molecular weight is 318 g/mol. The lowest BCUT2D eigenvalue weighted by atomic mass is 9.74. The lowest BCUT2D eigenvalue weighted by Crippen LogP contribution is -2.38. The van der Waals surface area contributed by atoms with Crippen LogP contribution in [0.3, 0.4) is 0 Å². The molecule has 3 rings (SSSR count). The van der Waals surface area contributed by atoms with E-state index in [0.29, 0.717) is 23.4 Å². The first-order valence-corrected chi connectivity index (χ1v) is 8.39. The van der Waals surface area contributed by atoms with Crippen molar-refractivity contribution in [3.63, 3.8) is 0 Å². The number of rotatable bonds is 3. The number of amides is 1. The van der Waals surface area contributed by atoms with Crippen LogP contribution in [0.4, 0.5) is 5.00 Å². The highest BCUT2D eigenvalue weighted by Crippen LogP contribution is 2.40. The highest BCUT2D eigenvalue weighted by atomic mass is 32.1. The molecule has 1 heterocycles. The molecule has 116 valence electrons. The minimum absolute atomic E-state index is 0.0877. The van der Waals surface area contributed by atoms with Gasteiger partial charge in [0.25, 0.3) is 0 Å². The van der Waals surface area contributed by atoms with Gasteiger partial charge in [-0.15, -0.1) is 11.3 Å². The molecule has 1 amide bonds. The van der Waals surface area contributed by atoms with E-state index in [1.54, 1.807) is 0 Å². The maximum Gasteiger partial charge on any atom is 0.308 e. The molecule has 0 unspecified atom stereocenters. The number of hydrogen-bond donors (Lipinski definition) is 1. The number of carbonyl (C=O) groups is 2. The molecule has 1 saturated carbocycles. The maximum absolute atomic E-state index is 12.3. The summed E-state index contributed by atoms with van der Waals surface area (Å²) < 4.78 is 4.68. The number of nitriles is 1. The van der Waals surface area contributed by atoms with Gasteiger partial charge in [-0.25, -0.2) is 0 Å². The Kier molecular flexibility index (Phi) is 4.16. The number of carbonyl (C=O) groups excluding carboxylic acids is 2. The second-order valence-electron chi connectivity index (χ2n) is 5.90. The van der Waals surface area contributed by atoms with Gasteiger partial charge in [-0.2, -0.15) is 5.26 Å². The van der Waals surface area contributed by atoms with Crippen LogP contribution in [0.25, 0.3) is 0 Å². The molecule has 0 radical (unpaired) electrons. The van der Waals surface area contributed by atoms with Gasteiger partial charge in [0, 0.05) is 10.8 Å². The summed E-state index contributed by atoms with van der Waals surface area (Å²) >= 11 is 1.53. The molecule has 6 heteroatoms. The third-order valence-electron chi connectivity index (χ3n) is 4.56. The van der Waals surface area contributed by atoms with Crippen molar-refractivity contribution in [2.45, 2.75) is 38.5 Å². The van der Waals surface area contributed by atoms with Gasteiger partial charge >= 0.3 is 5.97 Å². The Morgan fingerprint density at radius 3 is 2.68 bits per heavy atom. The maximum atomic E-state index is 12.3. The molecule has 2 aliphatic rings.